The fraction of sp³-hybridized carbons (Fsp3) is 0.364. The molecule has 18 heavy (non-hydrogen) atoms. The monoisotopic (exact) mass is 253 g/mol. The summed E-state index contributed by atoms with van der Waals surface area (Å²) in [5, 5.41) is 25.6. The summed E-state index contributed by atoms with van der Waals surface area (Å²) in [5.41, 5.74) is -0.162. The van der Waals surface area contributed by atoms with E-state index < -0.39 is 16.6 Å². The predicted octanol–water partition coefficient (Wildman–Crippen LogP) is 1.31. The van der Waals surface area contributed by atoms with Gasteiger partial charge in [0, 0.05) is 18.3 Å². The molecule has 0 saturated heterocycles. The highest BCUT2D eigenvalue weighted by Gasteiger charge is 2.19. The Hall–Kier alpha value is -2.15. The molecule has 1 aromatic carbocycles. The molecule has 1 rings (SSSR count). The van der Waals surface area contributed by atoms with E-state index in [2.05, 4.69) is 10.6 Å². The third kappa shape index (κ3) is 3.70. The van der Waals surface area contributed by atoms with E-state index in [-0.39, 0.29) is 5.56 Å². The first-order chi connectivity index (χ1) is 8.56. The number of nitrogens with one attached hydrogen (secondary N) is 2. The summed E-state index contributed by atoms with van der Waals surface area (Å²) in [7, 11) is 1.84. The van der Waals surface area contributed by atoms with E-state index in [9.17, 15) is 14.9 Å². The second-order valence-electron chi connectivity index (χ2n) is 3.68. The van der Waals surface area contributed by atoms with Crippen LogP contribution in [0.25, 0.3) is 0 Å². The minimum absolute atomic E-state index is 0.305. The predicted molar refractivity (Wildman–Crippen MR) is 67.1 cm³/mol. The second-order valence-corrected chi connectivity index (χ2v) is 3.68. The summed E-state index contributed by atoms with van der Waals surface area (Å²) in [6.45, 7) is 1.49. The number of nitro benzene ring substituents is 1. The van der Waals surface area contributed by atoms with Gasteiger partial charge in [-0.1, -0.05) is 0 Å². The van der Waals surface area contributed by atoms with Gasteiger partial charge in [0.15, 0.2) is 0 Å². The van der Waals surface area contributed by atoms with Gasteiger partial charge in [0.05, 0.1) is 4.92 Å². The van der Waals surface area contributed by atoms with E-state index in [0.29, 0.717) is 12.2 Å². The van der Waals surface area contributed by atoms with Crippen LogP contribution in [0.2, 0.25) is 0 Å². The van der Waals surface area contributed by atoms with Crippen molar-refractivity contribution in [3.05, 3.63) is 33.9 Å². The highest BCUT2D eigenvalue weighted by molar-refractivity contribution is 5.93. The van der Waals surface area contributed by atoms with Crippen LogP contribution in [0.15, 0.2) is 18.2 Å². The quantitative estimate of drug-likeness (QED) is 0.384. The molecule has 0 bridgehead atoms. The molecular formula is C11H15N3O4. The molecule has 7 heteroatoms. The summed E-state index contributed by atoms with van der Waals surface area (Å²) in [5.74, 6) is -1.30. The van der Waals surface area contributed by atoms with Crippen molar-refractivity contribution in [2.45, 2.75) is 6.42 Å². The van der Waals surface area contributed by atoms with E-state index in [4.69, 9.17) is 5.11 Å². The Morgan fingerprint density at radius 3 is 2.72 bits per heavy atom. The van der Waals surface area contributed by atoms with Crippen LogP contribution in [0, 0.1) is 10.1 Å². The molecule has 3 N–H and O–H groups in total. The van der Waals surface area contributed by atoms with Crippen LogP contribution in [0.5, 0.6) is 0 Å². The maximum Gasteiger partial charge on any atom is 0.342 e. The van der Waals surface area contributed by atoms with Gasteiger partial charge in [-0.25, -0.2) is 4.79 Å². The van der Waals surface area contributed by atoms with E-state index in [0.717, 1.165) is 13.0 Å². The first-order valence-electron chi connectivity index (χ1n) is 5.46. The number of nitro groups is 1. The van der Waals surface area contributed by atoms with Crippen LogP contribution >= 0.6 is 0 Å². The van der Waals surface area contributed by atoms with Gasteiger partial charge in [-0.15, -0.1) is 0 Å². The average molecular weight is 253 g/mol. The number of nitrogens with zero attached hydrogens (tertiary/aromatic N) is 1. The van der Waals surface area contributed by atoms with Gasteiger partial charge in [-0.2, -0.15) is 0 Å². The molecule has 0 spiro atoms. The second kappa shape index (κ2) is 6.55. The lowest BCUT2D eigenvalue weighted by atomic mass is 10.1. The van der Waals surface area contributed by atoms with Crippen molar-refractivity contribution in [1.82, 2.24) is 5.32 Å². The van der Waals surface area contributed by atoms with Crippen LogP contribution < -0.4 is 10.6 Å². The van der Waals surface area contributed by atoms with Gasteiger partial charge in [-0.3, -0.25) is 10.1 Å². The maximum absolute atomic E-state index is 10.8. The first kappa shape index (κ1) is 13.9. The number of carbonyl (C=O) groups is 1. The molecule has 1 aromatic rings. The Labute approximate surface area is 104 Å². The van der Waals surface area contributed by atoms with Crippen molar-refractivity contribution in [1.29, 1.82) is 0 Å². The third-order valence-electron chi connectivity index (χ3n) is 2.36. The van der Waals surface area contributed by atoms with E-state index >= 15 is 0 Å². The molecule has 0 heterocycles. The smallest absolute Gasteiger partial charge is 0.342 e. The van der Waals surface area contributed by atoms with Crippen molar-refractivity contribution in [2.75, 3.05) is 25.5 Å². The number of anilines is 1. The molecule has 0 saturated carbocycles. The van der Waals surface area contributed by atoms with Crippen molar-refractivity contribution >= 4 is 17.3 Å². The number of hydrogen-bond donors (Lipinski definition) is 3. The molecule has 0 aliphatic rings. The van der Waals surface area contributed by atoms with E-state index in [1.54, 1.807) is 0 Å². The number of benzene rings is 1. The molecular weight excluding hydrogens is 238 g/mol. The average Bonchev–Trinajstić information content (AvgIpc) is 2.34. The summed E-state index contributed by atoms with van der Waals surface area (Å²) < 4.78 is 0. The molecule has 98 valence electrons. The minimum Gasteiger partial charge on any atom is -0.477 e. The normalized spacial score (nSPS) is 10.1. The molecule has 7 nitrogen and oxygen atoms in total. The van der Waals surface area contributed by atoms with E-state index in [1.165, 1.54) is 18.2 Å². The van der Waals surface area contributed by atoms with Gasteiger partial charge in [0.25, 0.3) is 5.69 Å². The van der Waals surface area contributed by atoms with Gasteiger partial charge in [-0.05, 0) is 32.1 Å². The lowest BCUT2D eigenvalue weighted by Gasteiger charge is -2.06. The lowest BCUT2D eigenvalue weighted by molar-refractivity contribution is -0.385. The van der Waals surface area contributed by atoms with Crippen molar-refractivity contribution in [3.8, 4) is 0 Å². The highest BCUT2D eigenvalue weighted by Crippen LogP contribution is 2.23. The Morgan fingerprint density at radius 1 is 1.44 bits per heavy atom. The number of rotatable bonds is 7. The summed E-state index contributed by atoms with van der Waals surface area (Å²) in [6.07, 6.45) is 0.866. The third-order valence-corrected chi connectivity index (χ3v) is 2.36. The Morgan fingerprint density at radius 2 is 2.17 bits per heavy atom. The van der Waals surface area contributed by atoms with Crippen LogP contribution in [-0.2, 0) is 0 Å². The molecule has 0 fully saturated rings. The van der Waals surface area contributed by atoms with Crippen LogP contribution in [0.3, 0.4) is 0 Å². The van der Waals surface area contributed by atoms with E-state index in [1.807, 2.05) is 7.05 Å². The van der Waals surface area contributed by atoms with Crippen LogP contribution in [0.1, 0.15) is 16.8 Å². The highest BCUT2D eigenvalue weighted by atomic mass is 16.6. The lowest BCUT2D eigenvalue weighted by Crippen LogP contribution is -2.13. The molecule has 0 radical (unpaired) electrons. The Bertz CT molecular complexity index is 448. The topological polar surface area (TPSA) is 104 Å². The fourth-order valence-corrected chi connectivity index (χ4v) is 1.47. The SMILES string of the molecule is CNCCCNc1ccc(C(=O)O)c([N+](=O)[O-])c1. The number of aromatic carboxylic acids is 1. The summed E-state index contributed by atoms with van der Waals surface area (Å²) >= 11 is 0. The van der Waals surface area contributed by atoms with Crippen molar-refractivity contribution < 1.29 is 14.8 Å². The standard InChI is InChI=1S/C11H15N3O4/c1-12-5-2-6-13-8-3-4-9(11(15)16)10(7-8)14(17)18/h3-4,7,12-13H,2,5-6H2,1H3,(H,15,16). The zero-order valence-corrected chi connectivity index (χ0v) is 9.97. The van der Waals surface area contributed by atoms with Gasteiger partial charge < -0.3 is 15.7 Å². The zero-order chi connectivity index (χ0) is 13.5. The number of hydrogen-bond acceptors (Lipinski definition) is 5. The number of carboxylic acid groups (broad SMARTS) is 1. The zero-order valence-electron chi connectivity index (χ0n) is 9.97. The van der Waals surface area contributed by atoms with Crippen molar-refractivity contribution in [2.24, 2.45) is 0 Å². The Kier molecular flexibility index (Phi) is 5.06. The fourth-order valence-electron chi connectivity index (χ4n) is 1.47. The van der Waals surface area contributed by atoms with Crippen LogP contribution in [0.4, 0.5) is 11.4 Å². The largest absolute Gasteiger partial charge is 0.477 e. The molecule has 0 aliphatic carbocycles. The number of carboxylic acids is 1. The van der Waals surface area contributed by atoms with Crippen molar-refractivity contribution in [3.63, 3.8) is 0 Å². The maximum atomic E-state index is 10.8. The van der Waals surface area contributed by atoms with Gasteiger partial charge >= 0.3 is 5.97 Å². The molecule has 0 aromatic heterocycles. The molecule has 0 amide bonds. The summed E-state index contributed by atoms with van der Waals surface area (Å²) in [4.78, 5) is 20.9. The molecule has 0 unspecified atom stereocenters. The summed E-state index contributed by atoms with van der Waals surface area (Å²) in [6, 6.07) is 4.00. The Balaban J connectivity index is 2.80. The van der Waals surface area contributed by atoms with Gasteiger partial charge in [0.2, 0.25) is 0 Å². The minimum atomic E-state index is -1.30. The molecule has 0 aliphatic heterocycles. The molecule has 0 atom stereocenters. The van der Waals surface area contributed by atoms with Crippen LogP contribution in [-0.4, -0.2) is 36.1 Å². The first-order valence-corrected chi connectivity index (χ1v) is 5.46. The van der Waals surface area contributed by atoms with Gasteiger partial charge in [0.1, 0.15) is 5.56 Å².